The van der Waals surface area contributed by atoms with E-state index in [1.165, 1.54) is 12.8 Å². The summed E-state index contributed by atoms with van der Waals surface area (Å²) in [5.41, 5.74) is 0.293. The van der Waals surface area contributed by atoms with Gasteiger partial charge in [0.15, 0.2) is 0 Å². The molecule has 18 heavy (non-hydrogen) atoms. The molecule has 0 saturated heterocycles. The topological polar surface area (TPSA) is 35.5 Å². The summed E-state index contributed by atoms with van der Waals surface area (Å²) in [5, 5.41) is 12.3. The molecule has 0 aromatic heterocycles. The first-order valence-corrected chi connectivity index (χ1v) is 7.46. The summed E-state index contributed by atoms with van der Waals surface area (Å²) >= 11 is 0. The van der Waals surface area contributed by atoms with Gasteiger partial charge < -0.3 is 15.3 Å². The summed E-state index contributed by atoms with van der Waals surface area (Å²) < 4.78 is 0. The Kier molecular flexibility index (Phi) is 9.70. The second-order valence-corrected chi connectivity index (χ2v) is 6.19. The van der Waals surface area contributed by atoms with Crippen molar-refractivity contribution < 1.29 is 5.11 Å². The normalized spacial score (nSPS) is 14.2. The molecule has 0 rings (SSSR count). The van der Waals surface area contributed by atoms with Crippen LogP contribution in [0.4, 0.5) is 0 Å². The SMILES string of the molecule is CCCNC(C)C(C)(C)CN(C)CCCCCO. The zero-order valence-corrected chi connectivity index (χ0v) is 13.1. The Balaban J connectivity index is 3.90. The maximum Gasteiger partial charge on any atom is 0.0431 e. The predicted molar refractivity (Wildman–Crippen MR) is 80.0 cm³/mol. The highest BCUT2D eigenvalue weighted by molar-refractivity contribution is 4.83. The predicted octanol–water partition coefficient (Wildman–Crippen LogP) is 2.50. The van der Waals surface area contributed by atoms with Crippen LogP contribution in [0.5, 0.6) is 0 Å². The van der Waals surface area contributed by atoms with E-state index < -0.39 is 0 Å². The number of aliphatic hydroxyl groups is 1. The molecule has 0 aliphatic heterocycles. The van der Waals surface area contributed by atoms with Gasteiger partial charge in [0.25, 0.3) is 0 Å². The first-order chi connectivity index (χ1) is 8.44. The Hall–Kier alpha value is -0.120. The average molecular weight is 258 g/mol. The average Bonchev–Trinajstić information content (AvgIpc) is 2.31. The van der Waals surface area contributed by atoms with Crippen LogP contribution in [0.25, 0.3) is 0 Å². The van der Waals surface area contributed by atoms with Gasteiger partial charge in [0.05, 0.1) is 0 Å². The van der Waals surface area contributed by atoms with Crippen molar-refractivity contribution in [2.45, 2.75) is 59.4 Å². The molecule has 0 fully saturated rings. The Bertz CT molecular complexity index is 195. The largest absolute Gasteiger partial charge is 0.396 e. The molecule has 0 aromatic carbocycles. The second-order valence-electron chi connectivity index (χ2n) is 6.19. The van der Waals surface area contributed by atoms with Crippen molar-refractivity contribution in [2.75, 3.05) is 33.3 Å². The summed E-state index contributed by atoms with van der Waals surface area (Å²) in [6.07, 6.45) is 4.44. The number of rotatable bonds is 11. The molecule has 0 amide bonds. The van der Waals surface area contributed by atoms with Crippen molar-refractivity contribution >= 4 is 0 Å². The second kappa shape index (κ2) is 9.76. The fraction of sp³-hybridized carbons (Fsp3) is 1.00. The molecule has 110 valence electrons. The number of hydrogen-bond acceptors (Lipinski definition) is 3. The molecular formula is C15H34N2O. The third kappa shape index (κ3) is 8.06. The van der Waals surface area contributed by atoms with Crippen LogP contribution in [0.3, 0.4) is 0 Å². The minimum atomic E-state index is 0.293. The minimum absolute atomic E-state index is 0.293. The molecule has 1 atom stereocenters. The van der Waals surface area contributed by atoms with E-state index in [0.29, 0.717) is 18.1 Å². The molecule has 0 saturated carbocycles. The Morgan fingerprint density at radius 2 is 1.89 bits per heavy atom. The van der Waals surface area contributed by atoms with Crippen molar-refractivity contribution in [3.8, 4) is 0 Å². The summed E-state index contributed by atoms with van der Waals surface area (Å²) in [4.78, 5) is 2.42. The number of unbranched alkanes of at least 4 members (excludes halogenated alkanes) is 2. The zero-order chi connectivity index (χ0) is 14.0. The van der Waals surface area contributed by atoms with Gasteiger partial charge in [-0.25, -0.2) is 0 Å². The summed E-state index contributed by atoms with van der Waals surface area (Å²) in [5.74, 6) is 0. The first-order valence-electron chi connectivity index (χ1n) is 7.46. The molecule has 0 radical (unpaired) electrons. The smallest absolute Gasteiger partial charge is 0.0431 e. The molecule has 0 heterocycles. The van der Waals surface area contributed by atoms with Crippen LogP contribution in [0.2, 0.25) is 0 Å². The van der Waals surface area contributed by atoms with Crippen LogP contribution in [0, 0.1) is 5.41 Å². The summed E-state index contributed by atoms with van der Waals surface area (Å²) in [6.45, 7) is 12.8. The quantitative estimate of drug-likeness (QED) is 0.559. The lowest BCUT2D eigenvalue weighted by atomic mass is 9.84. The molecule has 0 bridgehead atoms. The van der Waals surface area contributed by atoms with Gasteiger partial charge in [-0.15, -0.1) is 0 Å². The highest BCUT2D eigenvalue weighted by Gasteiger charge is 2.26. The van der Waals surface area contributed by atoms with Crippen molar-refractivity contribution in [2.24, 2.45) is 5.41 Å². The summed E-state index contributed by atoms with van der Waals surface area (Å²) in [7, 11) is 2.20. The van der Waals surface area contributed by atoms with E-state index in [9.17, 15) is 0 Å². The van der Waals surface area contributed by atoms with Crippen LogP contribution in [0.1, 0.15) is 53.4 Å². The monoisotopic (exact) mass is 258 g/mol. The summed E-state index contributed by atoms with van der Waals surface area (Å²) in [6, 6.07) is 0.539. The third-order valence-corrected chi connectivity index (χ3v) is 3.75. The fourth-order valence-corrected chi connectivity index (χ4v) is 2.22. The molecule has 3 nitrogen and oxygen atoms in total. The highest BCUT2D eigenvalue weighted by Crippen LogP contribution is 2.21. The molecule has 0 aromatic rings. The lowest BCUT2D eigenvalue weighted by molar-refractivity contribution is 0.162. The Morgan fingerprint density at radius 3 is 2.44 bits per heavy atom. The molecular weight excluding hydrogens is 224 g/mol. The van der Waals surface area contributed by atoms with E-state index in [2.05, 4.69) is 45.0 Å². The van der Waals surface area contributed by atoms with Gasteiger partial charge in [-0.2, -0.15) is 0 Å². The van der Waals surface area contributed by atoms with Crippen LogP contribution in [0.15, 0.2) is 0 Å². The van der Waals surface area contributed by atoms with Crippen molar-refractivity contribution in [1.82, 2.24) is 10.2 Å². The molecule has 0 aliphatic rings. The Labute approximate surface area is 114 Å². The van der Waals surface area contributed by atoms with Gasteiger partial charge in [-0.3, -0.25) is 0 Å². The van der Waals surface area contributed by atoms with Crippen LogP contribution >= 0.6 is 0 Å². The minimum Gasteiger partial charge on any atom is -0.396 e. The van der Waals surface area contributed by atoms with Gasteiger partial charge in [0, 0.05) is 19.2 Å². The standard InChI is InChI=1S/C15H34N2O/c1-6-10-16-14(2)15(3,4)13-17(5)11-8-7-9-12-18/h14,16,18H,6-13H2,1-5H3. The van der Waals surface area contributed by atoms with E-state index >= 15 is 0 Å². The number of hydrogen-bond donors (Lipinski definition) is 2. The molecule has 1 unspecified atom stereocenters. The van der Waals surface area contributed by atoms with Gasteiger partial charge in [0.1, 0.15) is 0 Å². The molecule has 0 spiro atoms. The molecule has 0 aliphatic carbocycles. The van der Waals surface area contributed by atoms with Gasteiger partial charge in [0.2, 0.25) is 0 Å². The van der Waals surface area contributed by atoms with E-state index in [1.807, 2.05) is 0 Å². The van der Waals surface area contributed by atoms with Gasteiger partial charge >= 0.3 is 0 Å². The van der Waals surface area contributed by atoms with Gasteiger partial charge in [-0.1, -0.05) is 20.8 Å². The number of nitrogens with one attached hydrogen (secondary N) is 1. The van der Waals surface area contributed by atoms with E-state index in [0.717, 1.165) is 32.5 Å². The fourth-order valence-electron chi connectivity index (χ4n) is 2.22. The maximum atomic E-state index is 8.75. The van der Waals surface area contributed by atoms with Crippen LogP contribution < -0.4 is 5.32 Å². The van der Waals surface area contributed by atoms with E-state index in [4.69, 9.17) is 5.11 Å². The molecule has 2 N–H and O–H groups in total. The molecule has 3 heteroatoms. The highest BCUT2D eigenvalue weighted by atomic mass is 16.2. The lowest BCUT2D eigenvalue weighted by Crippen LogP contribution is -2.46. The lowest BCUT2D eigenvalue weighted by Gasteiger charge is -2.36. The van der Waals surface area contributed by atoms with E-state index in [-0.39, 0.29) is 0 Å². The Morgan fingerprint density at radius 1 is 1.22 bits per heavy atom. The maximum absolute atomic E-state index is 8.75. The van der Waals surface area contributed by atoms with Gasteiger partial charge in [-0.05, 0) is 58.2 Å². The zero-order valence-electron chi connectivity index (χ0n) is 13.1. The van der Waals surface area contributed by atoms with Crippen molar-refractivity contribution in [3.05, 3.63) is 0 Å². The first kappa shape index (κ1) is 17.9. The van der Waals surface area contributed by atoms with Crippen molar-refractivity contribution in [1.29, 1.82) is 0 Å². The van der Waals surface area contributed by atoms with Crippen molar-refractivity contribution in [3.63, 3.8) is 0 Å². The number of aliphatic hydroxyl groups excluding tert-OH is 1. The van der Waals surface area contributed by atoms with Crippen LogP contribution in [-0.2, 0) is 0 Å². The van der Waals surface area contributed by atoms with E-state index in [1.54, 1.807) is 0 Å². The third-order valence-electron chi connectivity index (χ3n) is 3.75. The number of nitrogens with zero attached hydrogens (tertiary/aromatic N) is 1. The van der Waals surface area contributed by atoms with Crippen LogP contribution in [-0.4, -0.2) is 49.3 Å².